The fourth-order valence-electron chi connectivity index (χ4n) is 1.69. The number of ether oxygens (including phenoxy) is 1. The lowest BCUT2D eigenvalue weighted by molar-refractivity contribution is 0.0692. The minimum Gasteiger partial charge on any atom is -0.478 e. The lowest BCUT2D eigenvalue weighted by Crippen LogP contribution is -2.01. The monoisotopic (exact) mass is 276 g/mol. The second kappa shape index (κ2) is 5.64. The fraction of sp³-hybridized carbons (Fsp3) is 0.214. The van der Waals surface area contributed by atoms with Gasteiger partial charge in [0.1, 0.15) is 17.4 Å². The largest absolute Gasteiger partial charge is 0.478 e. The summed E-state index contributed by atoms with van der Waals surface area (Å²) < 4.78 is 19.0. The van der Waals surface area contributed by atoms with Crippen LogP contribution in [0.25, 0.3) is 0 Å². The van der Waals surface area contributed by atoms with Crippen LogP contribution in [-0.4, -0.2) is 21.0 Å². The Morgan fingerprint density at radius 1 is 1.35 bits per heavy atom. The summed E-state index contributed by atoms with van der Waals surface area (Å²) in [5.41, 5.74) is 0.417. The number of nitrogens with zero attached hydrogens (tertiary/aromatic N) is 2. The molecule has 6 heteroatoms. The highest BCUT2D eigenvalue weighted by Gasteiger charge is 2.12. The van der Waals surface area contributed by atoms with Crippen molar-refractivity contribution in [2.75, 3.05) is 0 Å². The average molecular weight is 276 g/mol. The number of aromatic nitrogens is 2. The molecule has 1 N–H and O–H groups in total. The summed E-state index contributed by atoms with van der Waals surface area (Å²) in [7, 11) is 0. The van der Waals surface area contributed by atoms with Crippen molar-refractivity contribution < 1.29 is 19.0 Å². The second-order valence-electron chi connectivity index (χ2n) is 4.15. The van der Waals surface area contributed by atoms with Crippen LogP contribution in [0.5, 0.6) is 11.6 Å². The molecular formula is C14H13FN2O3. The predicted octanol–water partition coefficient (Wildman–Crippen LogP) is 2.98. The van der Waals surface area contributed by atoms with Gasteiger partial charge in [0, 0.05) is 17.8 Å². The Kier molecular flexibility index (Phi) is 3.93. The molecule has 0 aliphatic carbocycles. The highest BCUT2D eigenvalue weighted by molar-refractivity contribution is 5.88. The third kappa shape index (κ3) is 3.09. The minimum absolute atomic E-state index is 0.188. The van der Waals surface area contributed by atoms with Gasteiger partial charge in [0.2, 0.25) is 5.88 Å². The maximum atomic E-state index is 13.5. The van der Waals surface area contributed by atoms with Gasteiger partial charge in [-0.05, 0) is 25.5 Å². The van der Waals surface area contributed by atoms with Crippen LogP contribution in [0.15, 0.2) is 24.3 Å². The molecule has 5 nitrogen and oxygen atoms in total. The van der Waals surface area contributed by atoms with Crippen LogP contribution < -0.4 is 4.74 Å². The van der Waals surface area contributed by atoms with Crippen LogP contribution in [-0.2, 0) is 6.42 Å². The van der Waals surface area contributed by atoms with Crippen LogP contribution in [0.3, 0.4) is 0 Å². The van der Waals surface area contributed by atoms with Gasteiger partial charge < -0.3 is 9.84 Å². The van der Waals surface area contributed by atoms with Crippen LogP contribution in [0.2, 0.25) is 0 Å². The maximum absolute atomic E-state index is 13.5. The number of aryl methyl sites for hydroxylation is 2. The molecule has 1 aromatic heterocycles. The van der Waals surface area contributed by atoms with Gasteiger partial charge in [0.05, 0.1) is 5.56 Å². The normalized spacial score (nSPS) is 10.3. The first-order valence-electron chi connectivity index (χ1n) is 6.05. The van der Waals surface area contributed by atoms with Crippen LogP contribution in [0.4, 0.5) is 4.39 Å². The predicted molar refractivity (Wildman–Crippen MR) is 69.6 cm³/mol. The molecule has 20 heavy (non-hydrogen) atoms. The molecule has 2 aromatic rings. The summed E-state index contributed by atoms with van der Waals surface area (Å²) in [5.74, 6) is -1.12. The van der Waals surface area contributed by atoms with Crippen LogP contribution in [0, 0.1) is 12.7 Å². The first-order chi connectivity index (χ1) is 9.49. The topological polar surface area (TPSA) is 72.3 Å². The van der Waals surface area contributed by atoms with Gasteiger partial charge in [-0.2, -0.15) is 4.98 Å². The average Bonchev–Trinajstić information content (AvgIpc) is 2.37. The summed E-state index contributed by atoms with van der Waals surface area (Å²) >= 11 is 0. The van der Waals surface area contributed by atoms with E-state index in [0.29, 0.717) is 11.7 Å². The van der Waals surface area contributed by atoms with Crippen molar-refractivity contribution in [2.24, 2.45) is 0 Å². The lowest BCUT2D eigenvalue weighted by Gasteiger charge is -2.07. The molecular weight excluding hydrogens is 263 g/mol. The van der Waals surface area contributed by atoms with Crippen molar-refractivity contribution >= 4 is 5.97 Å². The smallest absolute Gasteiger partial charge is 0.338 e. The molecule has 2 rings (SSSR count). The van der Waals surface area contributed by atoms with Crippen molar-refractivity contribution in [3.63, 3.8) is 0 Å². The Hall–Kier alpha value is -2.50. The molecule has 0 radical (unpaired) electrons. The number of aromatic carboxylic acids is 1. The number of carboxylic acids is 1. The van der Waals surface area contributed by atoms with Crippen LogP contribution in [0.1, 0.15) is 28.8 Å². The molecule has 0 aliphatic heterocycles. The highest BCUT2D eigenvalue weighted by Crippen LogP contribution is 2.22. The van der Waals surface area contributed by atoms with Crippen molar-refractivity contribution in [1.82, 2.24) is 9.97 Å². The number of rotatable bonds is 4. The van der Waals surface area contributed by atoms with Gasteiger partial charge in [-0.1, -0.05) is 6.92 Å². The molecule has 0 spiro atoms. The molecule has 0 unspecified atom stereocenters. The van der Waals surface area contributed by atoms with Crippen molar-refractivity contribution in [2.45, 2.75) is 20.3 Å². The third-order valence-corrected chi connectivity index (χ3v) is 2.62. The molecule has 0 amide bonds. The van der Waals surface area contributed by atoms with E-state index < -0.39 is 17.3 Å². The van der Waals surface area contributed by atoms with E-state index in [9.17, 15) is 9.18 Å². The molecule has 0 fully saturated rings. The summed E-state index contributed by atoms with van der Waals surface area (Å²) in [5, 5.41) is 8.75. The molecule has 1 aromatic carbocycles. The summed E-state index contributed by atoms with van der Waals surface area (Å²) in [4.78, 5) is 19.0. The number of carbonyl (C=O) groups is 1. The van der Waals surface area contributed by atoms with E-state index in [2.05, 4.69) is 9.97 Å². The molecule has 1 heterocycles. The molecule has 0 saturated heterocycles. The zero-order valence-electron chi connectivity index (χ0n) is 11.1. The highest BCUT2D eigenvalue weighted by atomic mass is 19.1. The third-order valence-electron chi connectivity index (χ3n) is 2.62. The van der Waals surface area contributed by atoms with Gasteiger partial charge in [-0.25, -0.2) is 14.2 Å². The number of carboxylic acid groups (broad SMARTS) is 1. The standard InChI is InChI=1S/C14H13FN2O3/c1-3-9-6-13(17-8(2)16-9)20-10-4-5-11(14(18)19)12(15)7-10/h4-7H,3H2,1-2H3,(H,18,19). The summed E-state index contributed by atoms with van der Waals surface area (Å²) in [6.07, 6.45) is 0.728. The van der Waals surface area contributed by atoms with Gasteiger partial charge in [0.25, 0.3) is 0 Å². The number of halogens is 1. The van der Waals surface area contributed by atoms with Crippen molar-refractivity contribution in [1.29, 1.82) is 0 Å². The Morgan fingerprint density at radius 2 is 2.10 bits per heavy atom. The molecule has 0 saturated carbocycles. The molecule has 0 atom stereocenters. The first-order valence-corrected chi connectivity index (χ1v) is 6.05. The number of hydrogen-bond donors (Lipinski definition) is 1. The van der Waals surface area contributed by atoms with Gasteiger partial charge >= 0.3 is 5.97 Å². The summed E-state index contributed by atoms with van der Waals surface area (Å²) in [6.45, 7) is 3.69. The Balaban J connectivity index is 2.28. The first kappa shape index (κ1) is 13.9. The lowest BCUT2D eigenvalue weighted by atomic mass is 10.2. The number of hydrogen-bond acceptors (Lipinski definition) is 4. The summed E-state index contributed by atoms with van der Waals surface area (Å²) in [6, 6.07) is 5.22. The maximum Gasteiger partial charge on any atom is 0.338 e. The molecule has 0 bridgehead atoms. The Bertz CT molecular complexity index is 659. The van der Waals surface area contributed by atoms with Gasteiger partial charge in [-0.15, -0.1) is 0 Å². The van der Waals surface area contributed by atoms with E-state index in [1.54, 1.807) is 13.0 Å². The SMILES string of the molecule is CCc1cc(Oc2ccc(C(=O)O)c(F)c2)nc(C)n1. The van der Waals surface area contributed by atoms with Crippen molar-refractivity contribution in [3.05, 3.63) is 47.2 Å². The van der Waals surface area contributed by atoms with Crippen LogP contribution >= 0.6 is 0 Å². The minimum atomic E-state index is -1.32. The van der Waals surface area contributed by atoms with E-state index in [0.717, 1.165) is 24.2 Å². The van der Waals surface area contributed by atoms with E-state index in [4.69, 9.17) is 9.84 Å². The number of benzene rings is 1. The van der Waals surface area contributed by atoms with E-state index in [1.807, 2.05) is 6.92 Å². The van der Waals surface area contributed by atoms with E-state index >= 15 is 0 Å². The van der Waals surface area contributed by atoms with E-state index in [-0.39, 0.29) is 5.75 Å². The Morgan fingerprint density at radius 3 is 2.70 bits per heavy atom. The molecule has 104 valence electrons. The van der Waals surface area contributed by atoms with Gasteiger partial charge in [0.15, 0.2) is 0 Å². The fourth-order valence-corrected chi connectivity index (χ4v) is 1.69. The second-order valence-corrected chi connectivity index (χ2v) is 4.15. The van der Waals surface area contributed by atoms with Crippen molar-refractivity contribution in [3.8, 4) is 11.6 Å². The molecule has 0 aliphatic rings. The van der Waals surface area contributed by atoms with E-state index in [1.165, 1.54) is 6.07 Å². The quantitative estimate of drug-likeness (QED) is 0.929. The van der Waals surface area contributed by atoms with Gasteiger partial charge in [-0.3, -0.25) is 0 Å². The zero-order chi connectivity index (χ0) is 14.7. The zero-order valence-corrected chi connectivity index (χ0v) is 11.1. The Labute approximate surface area is 115 Å².